The molecule has 1 fully saturated rings. The molecule has 0 saturated heterocycles. The maximum Gasteiger partial charge on any atom is 0.0695 e. The molecule has 1 N–H and O–H groups in total. The lowest BCUT2D eigenvalue weighted by molar-refractivity contribution is 0.0248. The van der Waals surface area contributed by atoms with Gasteiger partial charge < -0.3 is 14.6 Å². The van der Waals surface area contributed by atoms with E-state index in [-0.39, 0.29) is 6.10 Å². The van der Waals surface area contributed by atoms with Gasteiger partial charge in [-0.15, -0.1) is 0 Å². The Balaban J connectivity index is 2.34. The van der Waals surface area contributed by atoms with Crippen LogP contribution in [0.2, 0.25) is 0 Å². The Labute approximate surface area is 105 Å². The summed E-state index contributed by atoms with van der Waals surface area (Å²) in [6.07, 6.45) is 2.99. The summed E-state index contributed by atoms with van der Waals surface area (Å²) in [7, 11) is 0. The Morgan fingerprint density at radius 1 is 1.06 bits per heavy atom. The number of ether oxygens (including phenoxy) is 2. The van der Waals surface area contributed by atoms with E-state index >= 15 is 0 Å². The van der Waals surface area contributed by atoms with Crippen molar-refractivity contribution in [1.29, 1.82) is 0 Å². The number of aliphatic hydroxyl groups is 1. The van der Waals surface area contributed by atoms with Crippen LogP contribution in [0, 0.1) is 0 Å². The van der Waals surface area contributed by atoms with Crippen LogP contribution in [0.3, 0.4) is 0 Å². The van der Waals surface area contributed by atoms with Gasteiger partial charge in [0.15, 0.2) is 0 Å². The average molecular weight is 245 g/mol. The molecule has 0 bridgehead atoms. The van der Waals surface area contributed by atoms with Crippen molar-refractivity contribution in [2.45, 2.75) is 45.3 Å². The van der Waals surface area contributed by atoms with Gasteiger partial charge in [-0.1, -0.05) is 0 Å². The Bertz CT molecular complexity index is 180. The summed E-state index contributed by atoms with van der Waals surface area (Å²) in [6.45, 7) is 8.80. The van der Waals surface area contributed by atoms with Crippen LogP contribution in [0.1, 0.15) is 33.1 Å². The average Bonchev–Trinajstić information content (AvgIpc) is 2.74. The Morgan fingerprint density at radius 2 is 1.65 bits per heavy atom. The highest BCUT2D eigenvalue weighted by atomic mass is 16.5. The van der Waals surface area contributed by atoms with Gasteiger partial charge >= 0.3 is 0 Å². The smallest absolute Gasteiger partial charge is 0.0695 e. The highest BCUT2D eigenvalue weighted by molar-refractivity contribution is 4.85. The summed E-state index contributed by atoms with van der Waals surface area (Å²) in [4.78, 5) is 2.32. The van der Waals surface area contributed by atoms with Gasteiger partial charge in [0.1, 0.15) is 0 Å². The van der Waals surface area contributed by atoms with E-state index in [1.807, 2.05) is 13.8 Å². The molecule has 0 aromatic heterocycles. The number of hydrogen-bond acceptors (Lipinski definition) is 4. The molecular formula is C13H27NO3. The minimum absolute atomic E-state index is 0.168. The molecule has 17 heavy (non-hydrogen) atoms. The van der Waals surface area contributed by atoms with Gasteiger partial charge in [0, 0.05) is 32.3 Å². The first-order chi connectivity index (χ1) is 8.29. The first kappa shape index (κ1) is 14.9. The Kier molecular flexibility index (Phi) is 7.77. The molecule has 1 aliphatic rings. The van der Waals surface area contributed by atoms with E-state index in [0.29, 0.717) is 6.04 Å². The van der Waals surface area contributed by atoms with Gasteiger partial charge in [-0.3, -0.25) is 4.90 Å². The molecule has 1 aliphatic carbocycles. The van der Waals surface area contributed by atoms with Crippen LogP contribution >= 0.6 is 0 Å². The second kappa shape index (κ2) is 8.86. The SMILES string of the molecule is CCOCCN(CCOCC)C1CCCC1O. The first-order valence-corrected chi connectivity index (χ1v) is 6.87. The van der Waals surface area contributed by atoms with E-state index in [1.54, 1.807) is 0 Å². The fraction of sp³-hybridized carbons (Fsp3) is 1.00. The van der Waals surface area contributed by atoms with E-state index in [2.05, 4.69) is 4.90 Å². The van der Waals surface area contributed by atoms with Crippen molar-refractivity contribution in [2.75, 3.05) is 39.5 Å². The third kappa shape index (κ3) is 5.34. The number of rotatable bonds is 9. The van der Waals surface area contributed by atoms with Crippen LogP contribution < -0.4 is 0 Å². The second-order valence-corrected chi connectivity index (χ2v) is 4.50. The zero-order valence-corrected chi connectivity index (χ0v) is 11.2. The summed E-state index contributed by atoms with van der Waals surface area (Å²) in [5.74, 6) is 0. The maximum absolute atomic E-state index is 9.95. The molecule has 4 nitrogen and oxygen atoms in total. The minimum atomic E-state index is -0.168. The van der Waals surface area contributed by atoms with Gasteiger partial charge in [0.2, 0.25) is 0 Å². The standard InChI is InChI=1S/C13H27NO3/c1-3-16-10-8-14(9-11-17-4-2)12-6-5-7-13(12)15/h12-13,15H,3-11H2,1-2H3. The Hall–Kier alpha value is -0.160. The van der Waals surface area contributed by atoms with Crippen LogP contribution in [-0.2, 0) is 9.47 Å². The molecule has 1 rings (SSSR count). The third-order valence-corrected chi connectivity index (χ3v) is 3.37. The molecule has 0 aromatic carbocycles. The van der Waals surface area contributed by atoms with E-state index in [1.165, 1.54) is 0 Å². The molecule has 4 heteroatoms. The van der Waals surface area contributed by atoms with E-state index in [4.69, 9.17) is 9.47 Å². The number of nitrogens with zero attached hydrogens (tertiary/aromatic N) is 1. The molecule has 2 atom stereocenters. The zero-order chi connectivity index (χ0) is 12.5. The Morgan fingerprint density at radius 3 is 2.06 bits per heavy atom. The molecule has 0 aliphatic heterocycles. The van der Waals surface area contributed by atoms with E-state index in [0.717, 1.165) is 58.8 Å². The van der Waals surface area contributed by atoms with Crippen LogP contribution in [0.5, 0.6) is 0 Å². The van der Waals surface area contributed by atoms with Gasteiger partial charge in [-0.2, -0.15) is 0 Å². The van der Waals surface area contributed by atoms with Gasteiger partial charge in [-0.05, 0) is 33.1 Å². The van der Waals surface area contributed by atoms with Crippen molar-refractivity contribution in [3.8, 4) is 0 Å². The van der Waals surface area contributed by atoms with Crippen molar-refractivity contribution < 1.29 is 14.6 Å². The number of hydrogen-bond donors (Lipinski definition) is 1. The summed E-state index contributed by atoms with van der Waals surface area (Å²) >= 11 is 0. The largest absolute Gasteiger partial charge is 0.391 e. The van der Waals surface area contributed by atoms with E-state index < -0.39 is 0 Å². The van der Waals surface area contributed by atoms with Crippen molar-refractivity contribution in [2.24, 2.45) is 0 Å². The van der Waals surface area contributed by atoms with E-state index in [9.17, 15) is 5.11 Å². The highest BCUT2D eigenvalue weighted by Gasteiger charge is 2.30. The molecule has 0 heterocycles. The topological polar surface area (TPSA) is 41.9 Å². The predicted octanol–water partition coefficient (Wildman–Crippen LogP) is 1.27. The second-order valence-electron chi connectivity index (χ2n) is 4.50. The van der Waals surface area contributed by atoms with Gasteiger partial charge in [0.25, 0.3) is 0 Å². The maximum atomic E-state index is 9.95. The quantitative estimate of drug-likeness (QED) is 0.621. The summed E-state index contributed by atoms with van der Waals surface area (Å²) in [6, 6.07) is 0.302. The van der Waals surface area contributed by atoms with Crippen molar-refractivity contribution in [3.63, 3.8) is 0 Å². The van der Waals surface area contributed by atoms with Gasteiger partial charge in [-0.25, -0.2) is 0 Å². The third-order valence-electron chi connectivity index (χ3n) is 3.37. The molecule has 0 amide bonds. The molecule has 102 valence electrons. The van der Waals surface area contributed by atoms with Crippen molar-refractivity contribution in [3.05, 3.63) is 0 Å². The number of aliphatic hydroxyl groups excluding tert-OH is 1. The minimum Gasteiger partial charge on any atom is -0.391 e. The highest BCUT2D eigenvalue weighted by Crippen LogP contribution is 2.23. The molecule has 0 radical (unpaired) electrons. The lowest BCUT2D eigenvalue weighted by Gasteiger charge is -2.30. The lowest BCUT2D eigenvalue weighted by Crippen LogP contribution is -2.44. The molecular weight excluding hydrogens is 218 g/mol. The fourth-order valence-electron chi connectivity index (χ4n) is 2.44. The fourth-order valence-corrected chi connectivity index (χ4v) is 2.44. The molecule has 1 saturated carbocycles. The van der Waals surface area contributed by atoms with Crippen LogP contribution in [0.15, 0.2) is 0 Å². The summed E-state index contributed by atoms with van der Waals surface area (Å²) < 4.78 is 10.8. The normalized spacial score (nSPS) is 24.7. The zero-order valence-electron chi connectivity index (χ0n) is 11.2. The molecule has 0 spiro atoms. The molecule has 0 aromatic rings. The van der Waals surface area contributed by atoms with Crippen LogP contribution in [-0.4, -0.2) is 61.7 Å². The predicted molar refractivity (Wildman–Crippen MR) is 68.2 cm³/mol. The summed E-state index contributed by atoms with van der Waals surface area (Å²) in [5.41, 5.74) is 0. The summed E-state index contributed by atoms with van der Waals surface area (Å²) in [5, 5.41) is 9.95. The van der Waals surface area contributed by atoms with Crippen LogP contribution in [0.4, 0.5) is 0 Å². The van der Waals surface area contributed by atoms with Crippen molar-refractivity contribution >= 4 is 0 Å². The van der Waals surface area contributed by atoms with Crippen molar-refractivity contribution in [1.82, 2.24) is 4.90 Å². The van der Waals surface area contributed by atoms with Gasteiger partial charge in [0.05, 0.1) is 19.3 Å². The monoisotopic (exact) mass is 245 g/mol. The lowest BCUT2D eigenvalue weighted by atomic mass is 10.2. The first-order valence-electron chi connectivity index (χ1n) is 6.87. The van der Waals surface area contributed by atoms with Crippen LogP contribution in [0.25, 0.3) is 0 Å². The molecule has 2 unspecified atom stereocenters.